The van der Waals surface area contributed by atoms with Crippen LogP contribution in [0.2, 0.25) is 0 Å². The van der Waals surface area contributed by atoms with Gasteiger partial charge in [0.15, 0.2) is 0 Å². The van der Waals surface area contributed by atoms with Crippen LogP contribution in [0.1, 0.15) is 28.4 Å². The minimum Gasteiger partial charge on any atom is -0.384 e. The van der Waals surface area contributed by atoms with E-state index in [-0.39, 0.29) is 0 Å². The molecule has 0 bridgehead atoms. The zero-order valence-corrected chi connectivity index (χ0v) is 9.51. The van der Waals surface area contributed by atoms with Crippen molar-refractivity contribution < 1.29 is 5.11 Å². The minimum absolute atomic E-state index is 0.567. The quantitative estimate of drug-likeness (QED) is 0.832. The summed E-state index contributed by atoms with van der Waals surface area (Å²) in [5.74, 6) is 0. The highest BCUT2D eigenvalue weighted by Crippen LogP contribution is 2.24. The van der Waals surface area contributed by atoms with Crippen LogP contribution in [0.4, 0.5) is 0 Å². The van der Waals surface area contributed by atoms with Gasteiger partial charge in [0.1, 0.15) is 6.10 Å². The van der Waals surface area contributed by atoms with Gasteiger partial charge < -0.3 is 5.11 Å². The molecule has 0 radical (unpaired) electrons. The zero-order valence-electron chi connectivity index (χ0n) is 9.51. The summed E-state index contributed by atoms with van der Waals surface area (Å²) < 4.78 is 0. The van der Waals surface area contributed by atoms with Gasteiger partial charge in [-0.1, -0.05) is 29.8 Å². The molecule has 2 aromatic rings. The van der Waals surface area contributed by atoms with E-state index in [2.05, 4.69) is 4.98 Å². The first kappa shape index (κ1) is 10.8. The number of aliphatic hydroxyl groups is 1. The van der Waals surface area contributed by atoms with E-state index in [9.17, 15) is 5.11 Å². The molecule has 16 heavy (non-hydrogen) atoms. The summed E-state index contributed by atoms with van der Waals surface area (Å²) in [7, 11) is 0. The van der Waals surface area contributed by atoms with Crippen LogP contribution < -0.4 is 0 Å². The Morgan fingerprint density at radius 1 is 1.19 bits per heavy atom. The lowest BCUT2D eigenvalue weighted by molar-refractivity contribution is 0.219. The molecule has 82 valence electrons. The number of hydrogen-bond donors (Lipinski definition) is 1. The van der Waals surface area contributed by atoms with Gasteiger partial charge in [-0.25, -0.2) is 0 Å². The van der Waals surface area contributed by atoms with Crippen molar-refractivity contribution in [1.82, 2.24) is 4.98 Å². The molecule has 1 N–H and O–H groups in total. The number of nitrogens with zero attached hydrogens (tertiary/aromatic N) is 1. The molecule has 0 saturated heterocycles. The van der Waals surface area contributed by atoms with Crippen LogP contribution in [-0.2, 0) is 0 Å². The molecule has 0 amide bonds. The monoisotopic (exact) mass is 213 g/mol. The summed E-state index contributed by atoms with van der Waals surface area (Å²) in [6.07, 6.45) is 2.92. The Hall–Kier alpha value is -1.67. The molecule has 0 spiro atoms. The number of hydrogen-bond acceptors (Lipinski definition) is 2. The summed E-state index contributed by atoms with van der Waals surface area (Å²) >= 11 is 0. The summed E-state index contributed by atoms with van der Waals surface area (Å²) in [6.45, 7) is 3.98. The van der Waals surface area contributed by atoms with Crippen LogP contribution in [0.5, 0.6) is 0 Å². The lowest BCUT2D eigenvalue weighted by Gasteiger charge is -2.14. The normalized spacial score (nSPS) is 12.4. The van der Waals surface area contributed by atoms with Gasteiger partial charge in [-0.3, -0.25) is 4.98 Å². The Bertz CT molecular complexity index is 494. The van der Waals surface area contributed by atoms with Gasteiger partial charge in [0.2, 0.25) is 0 Å². The highest BCUT2D eigenvalue weighted by atomic mass is 16.3. The van der Waals surface area contributed by atoms with E-state index >= 15 is 0 Å². The van der Waals surface area contributed by atoms with Crippen molar-refractivity contribution in [2.75, 3.05) is 0 Å². The molecule has 1 unspecified atom stereocenters. The van der Waals surface area contributed by atoms with Crippen molar-refractivity contribution in [2.24, 2.45) is 0 Å². The first-order valence-electron chi connectivity index (χ1n) is 5.33. The second kappa shape index (κ2) is 4.45. The van der Waals surface area contributed by atoms with Crippen LogP contribution in [0.25, 0.3) is 0 Å². The summed E-state index contributed by atoms with van der Waals surface area (Å²) in [6, 6.07) is 9.80. The summed E-state index contributed by atoms with van der Waals surface area (Å²) in [4.78, 5) is 4.03. The minimum atomic E-state index is -0.567. The number of benzene rings is 1. The third kappa shape index (κ3) is 2.12. The standard InChI is InChI=1S/C14H15NO/c1-10-4-3-5-12(8-10)14(16)13-6-7-15-9-11(13)2/h3-9,14,16H,1-2H3. The van der Waals surface area contributed by atoms with E-state index in [1.807, 2.05) is 44.2 Å². The molecule has 2 nitrogen and oxygen atoms in total. The van der Waals surface area contributed by atoms with Gasteiger partial charge in [-0.15, -0.1) is 0 Å². The lowest BCUT2D eigenvalue weighted by Crippen LogP contribution is -2.02. The average Bonchev–Trinajstić information content (AvgIpc) is 2.29. The van der Waals surface area contributed by atoms with Crippen LogP contribution in [0, 0.1) is 13.8 Å². The van der Waals surface area contributed by atoms with Gasteiger partial charge in [0, 0.05) is 12.4 Å². The first-order valence-corrected chi connectivity index (χ1v) is 5.33. The average molecular weight is 213 g/mol. The molecule has 1 heterocycles. The molecule has 2 rings (SSSR count). The molecule has 0 saturated carbocycles. The molecular formula is C14H15NO. The maximum atomic E-state index is 10.3. The van der Waals surface area contributed by atoms with Gasteiger partial charge in [-0.2, -0.15) is 0 Å². The second-order valence-electron chi connectivity index (χ2n) is 4.05. The number of aromatic nitrogens is 1. The lowest BCUT2D eigenvalue weighted by atomic mass is 9.98. The second-order valence-corrected chi connectivity index (χ2v) is 4.05. The van der Waals surface area contributed by atoms with Crippen molar-refractivity contribution in [3.05, 3.63) is 65.0 Å². The van der Waals surface area contributed by atoms with Crippen LogP contribution in [0.15, 0.2) is 42.7 Å². The van der Waals surface area contributed by atoms with Crippen LogP contribution >= 0.6 is 0 Å². The van der Waals surface area contributed by atoms with Crippen molar-refractivity contribution in [3.8, 4) is 0 Å². The van der Waals surface area contributed by atoms with E-state index in [0.29, 0.717) is 0 Å². The largest absolute Gasteiger partial charge is 0.384 e. The van der Waals surface area contributed by atoms with Crippen molar-refractivity contribution in [2.45, 2.75) is 20.0 Å². The summed E-state index contributed by atoms with van der Waals surface area (Å²) in [5, 5.41) is 10.3. The van der Waals surface area contributed by atoms with Crippen molar-refractivity contribution >= 4 is 0 Å². The smallest absolute Gasteiger partial charge is 0.104 e. The third-order valence-corrected chi connectivity index (χ3v) is 2.72. The van der Waals surface area contributed by atoms with E-state index in [1.54, 1.807) is 12.4 Å². The van der Waals surface area contributed by atoms with Crippen LogP contribution in [-0.4, -0.2) is 10.1 Å². The first-order chi connectivity index (χ1) is 7.68. The maximum absolute atomic E-state index is 10.3. The Balaban J connectivity index is 2.39. The molecule has 1 atom stereocenters. The number of rotatable bonds is 2. The highest BCUT2D eigenvalue weighted by Gasteiger charge is 2.12. The molecule has 0 aliphatic carbocycles. The fraction of sp³-hybridized carbons (Fsp3) is 0.214. The van der Waals surface area contributed by atoms with Gasteiger partial charge >= 0.3 is 0 Å². The predicted molar refractivity (Wildman–Crippen MR) is 64.2 cm³/mol. The van der Waals surface area contributed by atoms with Gasteiger partial charge in [-0.05, 0) is 36.6 Å². The van der Waals surface area contributed by atoms with Gasteiger partial charge in [0.05, 0.1) is 0 Å². The van der Waals surface area contributed by atoms with E-state index in [0.717, 1.165) is 22.3 Å². The molecule has 0 aliphatic rings. The molecule has 1 aromatic carbocycles. The highest BCUT2D eigenvalue weighted by molar-refractivity contribution is 5.34. The number of pyridine rings is 1. The number of aliphatic hydroxyl groups excluding tert-OH is 1. The van der Waals surface area contributed by atoms with E-state index in [1.165, 1.54) is 0 Å². The van der Waals surface area contributed by atoms with Gasteiger partial charge in [0.25, 0.3) is 0 Å². The number of aryl methyl sites for hydroxylation is 2. The maximum Gasteiger partial charge on any atom is 0.104 e. The predicted octanol–water partition coefficient (Wildman–Crippen LogP) is 2.78. The molecule has 1 aromatic heterocycles. The SMILES string of the molecule is Cc1cccc(C(O)c2ccncc2C)c1. The Labute approximate surface area is 95.6 Å². The van der Waals surface area contributed by atoms with Crippen molar-refractivity contribution in [3.63, 3.8) is 0 Å². The fourth-order valence-corrected chi connectivity index (χ4v) is 1.81. The summed E-state index contributed by atoms with van der Waals surface area (Å²) in [5.41, 5.74) is 4.01. The Kier molecular flexibility index (Phi) is 3.02. The Morgan fingerprint density at radius 2 is 2.00 bits per heavy atom. The molecule has 2 heteroatoms. The van der Waals surface area contributed by atoms with Crippen LogP contribution in [0.3, 0.4) is 0 Å². The van der Waals surface area contributed by atoms with Crippen molar-refractivity contribution in [1.29, 1.82) is 0 Å². The molecular weight excluding hydrogens is 198 g/mol. The van der Waals surface area contributed by atoms with E-state index < -0.39 is 6.10 Å². The Morgan fingerprint density at radius 3 is 2.69 bits per heavy atom. The molecule has 0 fully saturated rings. The fourth-order valence-electron chi connectivity index (χ4n) is 1.81. The van der Waals surface area contributed by atoms with E-state index in [4.69, 9.17) is 0 Å². The molecule has 0 aliphatic heterocycles. The topological polar surface area (TPSA) is 33.1 Å². The third-order valence-electron chi connectivity index (χ3n) is 2.72. The zero-order chi connectivity index (χ0) is 11.5.